The normalized spacial score (nSPS) is 15.8. The molecule has 2 N–H and O–H groups in total. The van der Waals surface area contributed by atoms with Crippen molar-refractivity contribution in [2.24, 2.45) is 0 Å². The van der Waals surface area contributed by atoms with Gasteiger partial charge < -0.3 is 19.7 Å². The lowest BCUT2D eigenvalue weighted by atomic mass is 9.67. The van der Waals surface area contributed by atoms with Crippen LogP contribution in [0.1, 0.15) is 151 Å². The summed E-state index contributed by atoms with van der Waals surface area (Å²) in [6.07, 6.45) is 7.25. The van der Waals surface area contributed by atoms with Crippen molar-refractivity contribution in [1.29, 1.82) is 0 Å². The van der Waals surface area contributed by atoms with Crippen LogP contribution in [0.15, 0.2) is 24.3 Å². The molecule has 0 atom stereocenters. The molecule has 2 aromatic carbocycles. The molecule has 4 nitrogen and oxygen atoms in total. The summed E-state index contributed by atoms with van der Waals surface area (Å²) in [6, 6.07) is 9.70. The Labute approximate surface area is 238 Å². The van der Waals surface area contributed by atoms with Crippen molar-refractivity contribution < 1.29 is 19.7 Å². The maximum Gasteiger partial charge on any atom is 0.126 e. The number of aliphatic hydroxyl groups is 2. The van der Waals surface area contributed by atoms with Crippen molar-refractivity contribution in [1.82, 2.24) is 0 Å². The molecule has 0 saturated heterocycles. The zero-order chi connectivity index (χ0) is 28.7. The van der Waals surface area contributed by atoms with Crippen molar-refractivity contribution in [3.63, 3.8) is 0 Å². The van der Waals surface area contributed by atoms with E-state index in [-0.39, 0.29) is 18.6 Å². The summed E-state index contributed by atoms with van der Waals surface area (Å²) >= 11 is 0. The largest absolute Gasteiger partial charge is 0.491 e. The molecular formula is C35H54O4. The van der Waals surface area contributed by atoms with Gasteiger partial charge in [0.15, 0.2) is 0 Å². The van der Waals surface area contributed by atoms with Gasteiger partial charge in [0.1, 0.15) is 24.7 Å². The van der Waals surface area contributed by atoms with Crippen LogP contribution >= 0.6 is 0 Å². The molecule has 218 valence electrons. The molecule has 1 aliphatic rings. The van der Waals surface area contributed by atoms with E-state index in [4.69, 9.17) is 9.47 Å². The molecule has 1 fully saturated rings. The minimum Gasteiger partial charge on any atom is -0.491 e. The molecule has 0 aliphatic heterocycles. The van der Waals surface area contributed by atoms with Crippen LogP contribution in [-0.2, 0) is 5.41 Å². The van der Waals surface area contributed by atoms with Crippen molar-refractivity contribution in [2.45, 2.75) is 123 Å². The predicted molar refractivity (Wildman–Crippen MR) is 163 cm³/mol. The van der Waals surface area contributed by atoms with E-state index >= 15 is 0 Å². The van der Waals surface area contributed by atoms with Gasteiger partial charge in [-0.05, 0) is 69.9 Å². The first-order chi connectivity index (χ1) is 18.6. The molecule has 0 unspecified atom stereocenters. The zero-order valence-corrected chi connectivity index (χ0v) is 25.9. The second kappa shape index (κ2) is 14.0. The average molecular weight is 539 g/mol. The minimum atomic E-state index is -0.0813. The Balaban J connectivity index is 2.37. The van der Waals surface area contributed by atoms with Gasteiger partial charge in [-0.25, -0.2) is 0 Å². The third-order valence-corrected chi connectivity index (χ3v) is 8.52. The van der Waals surface area contributed by atoms with Gasteiger partial charge in [-0.15, -0.1) is 0 Å². The first kappa shape index (κ1) is 31.5. The average Bonchev–Trinajstić information content (AvgIpc) is 3.16. The number of hydrogen-bond donors (Lipinski definition) is 2. The van der Waals surface area contributed by atoms with Gasteiger partial charge >= 0.3 is 0 Å². The van der Waals surface area contributed by atoms with Crippen molar-refractivity contribution in [2.75, 3.05) is 26.4 Å². The van der Waals surface area contributed by atoms with Crippen molar-refractivity contribution >= 4 is 0 Å². The first-order valence-electron chi connectivity index (χ1n) is 15.4. The lowest BCUT2D eigenvalue weighted by Gasteiger charge is -2.38. The molecule has 0 heterocycles. The Kier molecular flexibility index (Phi) is 11.3. The van der Waals surface area contributed by atoms with Gasteiger partial charge in [0.2, 0.25) is 0 Å². The van der Waals surface area contributed by atoms with Crippen molar-refractivity contribution in [3.8, 4) is 11.5 Å². The number of rotatable bonds is 12. The Morgan fingerprint density at radius 1 is 0.564 bits per heavy atom. The highest BCUT2D eigenvalue weighted by atomic mass is 16.5. The molecule has 3 rings (SSSR count). The van der Waals surface area contributed by atoms with Gasteiger partial charge in [0.25, 0.3) is 0 Å². The molecule has 4 heteroatoms. The second-order valence-corrected chi connectivity index (χ2v) is 12.7. The van der Waals surface area contributed by atoms with E-state index in [0.717, 1.165) is 24.3 Å². The molecule has 1 aliphatic carbocycles. The van der Waals surface area contributed by atoms with Gasteiger partial charge in [-0.1, -0.05) is 105 Å². The SMILES string of the molecule is CC(C)c1cc(C2(c3cc(C(C)C)c(OCCO)c(C(C)C)c3)CCCCCC2)cc(C(C)C)c1OCCO. The summed E-state index contributed by atoms with van der Waals surface area (Å²) in [5.74, 6) is 3.16. The van der Waals surface area contributed by atoms with Gasteiger partial charge in [0, 0.05) is 5.41 Å². The van der Waals surface area contributed by atoms with E-state index in [1.165, 1.54) is 59.1 Å². The molecule has 0 bridgehead atoms. The van der Waals surface area contributed by atoms with E-state index < -0.39 is 0 Å². The fourth-order valence-electron chi connectivity index (χ4n) is 6.32. The lowest BCUT2D eigenvalue weighted by molar-refractivity contribution is 0.198. The Hall–Kier alpha value is -2.04. The highest BCUT2D eigenvalue weighted by Crippen LogP contribution is 2.50. The Morgan fingerprint density at radius 2 is 0.872 bits per heavy atom. The molecule has 0 spiro atoms. The molecule has 2 aromatic rings. The predicted octanol–water partition coefficient (Wildman–Crippen LogP) is 8.56. The van der Waals surface area contributed by atoms with Crippen LogP contribution in [0.4, 0.5) is 0 Å². The molecule has 1 saturated carbocycles. The molecule has 39 heavy (non-hydrogen) atoms. The van der Waals surface area contributed by atoms with Crippen LogP contribution in [0.5, 0.6) is 11.5 Å². The Morgan fingerprint density at radius 3 is 1.13 bits per heavy atom. The monoisotopic (exact) mass is 538 g/mol. The molecular weight excluding hydrogens is 484 g/mol. The second-order valence-electron chi connectivity index (χ2n) is 12.7. The van der Waals surface area contributed by atoms with Crippen LogP contribution in [0.25, 0.3) is 0 Å². The van der Waals surface area contributed by atoms with Crippen LogP contribution in [0.2, 0.25) is 0 Å². The zero-order valence-electron chi connectivity index (χ0n) is 25.9. The standard InChI is InChI=1S/C35H54O4/c1-23(2)29-19-27(20-30(24(3)4)33(29)38-17-15-36)35(13-11-9-10-12-14-35)28-21-31(25(5)6)34(39-18-16-37)32(22-28)26(7)8/h19-26,36-37H,9-18H2,1-8H3. The summed E-state index contributed by atoms with van der Waals surface area (Å²) in [4.78, 5) is 0. The summed E-state index contributed by atoms with van der Waals surface area (Å²) < 4.78 is 12.4. The molecule has 0 amide bonds. The van der Waals surface area contributed by atoms with E-state index in [2.05, 4.69) is 79.7 Å². The third kappa shape index (κ3) is 7.00. The number of ether oxygens (including phenoxy) is 2. The summed E-state index contributed by atoms with van der Waals surface area (Å²) in [5.41, 5.74) is 7.69. The van der Waals surface area contributed by atoms with E-state index in [0.29, 0.717) is 36.9 Å². The third-order valence-electron chi connectivity index (χ3n) is 8.52. The maximum absolute atomic E-state index is 9.53. The Bertz CT molecular complexity index is 923. The summed E-state index contributed by atoms with van der Waals surface area (Å²) in [6.45, 7) is 18.6. The van der Waals surface area contributed by atoms with E-state index in [1.807, 2.05) is 0 Å². The van der Waals surface area contributed by atoms with Crippen molar-refractivity contribution in [3.05, 3.63) is 57.6 Å². The highest BCUT2D eigenvalue weighted by molar-refractivity contribution is 5.56. The van der Waals surface area contributed by atoms with Crippen LogP contribution in [-0.4, -0.2) is 36.6 Å². The number of aliphatic hydroxyl groups excluding tert-OH is 2. The maximum atomic E-state index is 9.53. The van der Waals surface area contributed by atoms with Crippen LogP contribution in [0, 0.1) is 0 Å². The minimum absolute atomic E-state index is 0.0153. The van der Waals surface area contributed by atoms with Crippen LogP contribution in [0.3, 0.4) is 0 Å². The summed E-state index contributed by atoms with van der Waals surface area (Å²) in [5, 5.41) is 19.1. The van der Waals surface area contributed by atoms with Gasteiger partial charge in [-0.3, -0.25) is 0 Å². The number of hydrogen-bond acceptors (Lipinski definition) is 4. The fourth-order valence-corrected chi connectivity index (χ4v) is 6.32. The lowest BCUT2D eigenvalue weighted by Crippen LogP contribution is -2.29. The molecule has 0 radical (unpaired) electrons. The van der Waals surface area contributed by atoms with Crippen LogP contribution < -0.4 is 9.47 Å². The quantitative estimate of drug-likeness (QED) is 0.266. The van der Waals surface area contributed by atoms with E-state index in [9.17, 15) is 10.2 Å². The topological polar surface area (TPSA) is 58.9 Å². The smallest absolute Gasteiger partial charge is 0.126 e. The summed E-state index contributed by atoms with van der Waals surface area (Å²) in [7, 11) is 0. The number of benzene rings is 2. The van der Waals surface area contributed by atoms with E-state index in [1.54, 1.807) is 0 Å². The van der Waals surface area contributed by atoms with Gasteiger partial charge in [-0.2, -0.15) is 0 Å². The van der Waals surface area contributed by atoms with Gasteiger partial charge in [0.05, 0.1) is 13.2 Å². The highest BCUT2D eigenvalue weighted by Gasteiger charge is 2.38. The first-order valence-corrected chi connectivity index (χ1v) is 15.4. The molecule has 0 aromatic heterocycles. The fraction of sp³-hybridized carbons (Fsp3) is 0.657.